The van der Waals surface area contributed by atoms with E-state index in [0.717, 1.165) is 32.1 Å². The molecule has 0 heterocycles. The highest BCUT2D eigenvalue weighted by molar-refractivity contribution is 5.74. The Hall–Kier alpha value is -1.30. The molecule has 122 valence electrons. The van der Waals surface area contributed by atoms with Gasteiger partial charge >= 0.3 is 12.0 Å². The molecule has 0 saturated heterocycles. The number of carboxylic acids is 1. The molecule has 6 nitrogen and oxygen atoms in total. The minimum absolute atomic E-state index is 0.0403. The highest BCUT2D eigenvalue weighted by Gasteiger charge is 2.21. The number of nitrogens with one attached hydrogen (secondary N) is 2. The van der Waals surface area contributed by atoms with Crippen LogP contribution in [0.5, 0.6) is 0 Å². The number of hydrogen-bond acceptors (Lipinski definition) is 3. The summed E-state index contributed by atoms with van der Waals surface area (Å²) in [5.41, 5.74) is 0. The van der Waals surface area contributed by atoms with E-state index in [9.17, 15) is 14.7 Å². The molecule has 0 aromatic rings. The van der Waals surface area contributed by atoms with Gasteiger partial charge in [0, 0.05) is 19.0 Å². The SMILES string of the molecule is CC(C)C[C@H](CNC(=O)NC1CCC(O)CC1)CC(=O)O. The molecule has 2 amide bonds. The maximum Gasteiger partial charge on any atom is 0.315 e. The zero-order valence-electron chi connectivity index (χ0n) is 13.0. The summed E-state index contributed by atoms with van der Waals surface area (Å²) in [6, 6.07) is -0.132. The lowest BCUT2D eigenvalue weighted by Gasteiger charge is -2.26. The van der Waals surface area contributed by atoms with Crippen LogP contribution in [-0.2, 0) is 4.79 Å². The maximum atomic E-state index is 11.8. The Labute approximate surface area is 126 Å². The monoisotopic (exact) mass is 300 g/mol. The lowest BCUT2D eigenvalue weighted by atomic mass is 9.93. The van der Waals surface area contributed by atoms with Crippen LogP contribution >= 0.6 is 0 Å². The van der Waals surface area contributed by atoms with Gasteiger partial charge in [-0.2, -0.15) is 0 Å². The molecule has 4 N–H and O–H groups in total. The van der Waals surface area contributed by atoms with Gasteiger partial charge in [-0.05, 0) is 43.9 Å². The lowest BCUT2D eigenvalue weighted by molar-refractivity contribution is -0.138. The van der Waals surface area contributed by atoms with Crippen molar-refractivity contribution in [2.24, 2.45) is 11.8 Å². The van der Waals surface area contributed by atoms with E-state index in [-0.39, 0.29) is 30.5 Å². The number of urea groups is 1. The molecular weight excluding hydrogens is 272 g/mol. The molecule has 0 aromatic heterocycles. The van der Waals surface area contributed by atoms with Gasteiger partial charge in [0.15, 0.2) is 0 Å². The Morgan fingerprint density at radius 2 is 1.81 bits per heavy atom. The summed E-state index contributed by atoms with van der Waals surface area (Å²) >= 11 is 0. The van der Waals surface area contributed by atoms with Gasteiger partial charge in [-0.1, -0.05) is 13.8 Å². The summed E-state index contributed by atoms with van der Waals surface area (Å²) in [6.07, 6.45) is 3.64. The van der Waals surface area contributed by atoms with E-state index < -0.39 is 5.97 Å². The van der Waals surface area contributed by atoms with Gasteiger partial charge in [0.25, 0.3) is 0 Å². The van der Waals surface area contributed by atoms with Crippen LogP contribution in [0.2, 0.25) is 0 Å². The van der Waals surface area contributed by atoms with Crippen molar-refractivity contribution in [1.82, 2.24) is 10.6 Å². The first-order valence-electron chi connectivity index (χ1n) is 7.81. The molecule has 1 fully saturated rings. The Morgan fingerprint density at radius 3 is 2.33 bits per heavy atom. The average molecular weight is 300 g/mol. The summed E-state index contributed by atoms with van der Waals surface area (Å²) in [6.45, 7) is 4.47. The van der Waals surface area contributed by atoms with Crippen LogP contribution in [0.15, 0.2) is 0 Å². The summed E-state index contributed by atoms with van der Waals surface area (Å²) in [5, 5.41) is 24.0. The molecule has 0 spiro atoms. The number of carbonyl (C=O) groups excluding carboxylic acids is 1. The lowest BCUT2D eigenvalue weighted by Crippen LogP contribution is -2.45. The van der Waals surface area contributed by atoms with E-state index in [1.54, 1.807) is 0 Å². The van der Waals surface area contributed by atoms with Gasteiger partial charge in [-0.25, -0.2) is 4.79 Å². The number of hydrogen-bond donors (Lipinski definition) is 4. The number of aliphatic carboxylic acids is 1. The first kappa shape index (κ1) is 17.8. The number of aliphatic hydroxyl groups is 1. The molecule has 1 rings (SSSR count). The van der Waals surface area contributed by atoms with Crippen molar-refractivity contribution in [3.63, 3.8) is 0 Å². The number of aliphatic hydroxyl groups excluding tert-OH is 1. The predicted octanol–water partition coefficient (Wildman–Crippen LogP) is 1.73. The Balaban J connectivity index is 2.30. The fraction of sp³-hybridized carbons (Fsp3) is 0.867. The molecule has 1 aliphatic carbocycles. The van der Waals surface area contributed by atoms with Crippen molar-refractivity contribution in [1.29, 1.82) is 0 Å². The molecule has 1 aliphatic rings. The van der Waals surface area contributed by atoms with E-state index >= 15 is 0 Å². The number of carbonyl (C=O) groups is 2. The summed E-state index contributed by atoms with van der Waals surface area (Å²) in [5.74, 6) is -0.468. The second-order valence-electron chi connectivity index (χ2n) is 6.45. The third-order valence-electron chi connectivity index (χ3n) is 3.85. The summed E-state index contributed by atoms with van der Waals surface area (Å²) < 4.78 is 0. The third-order valence-corrected chi connectivity index (χ3v) is 3.85. The maximum absolute atomic E-state index is 11.8. The van der Waals surface area contributed by atoms with Crippen LogP contribution < -0.4 is 10.6 Å². The smallest absolute Gasteiger partial charge is 0.315 e. The zero-order chi connectivity index (χ0) is 15.8. The second-order valence-corrected chi connectivity index (χ2v) is 6.45. The van der Waals surface area contributed by atoms with Crippen LogP contribution in [0.3, 0.4) is 0 Å². The van der Waals surface area contributed by atoms with Crippen LogP contribution in [0.1, 0.15) is 52.4 Å². The molecule has 0 bridgehead atoms. The summed E-state index contributed by atoms with van der Waals surface area (Å²) in [4.78, 5) is 22.7. The van der Waals surface area contributed by atoms with E-state index in [0.29, 0.717) is 12.5 Å². The Bertz CT molecular complexity index is 339. The van der Waals surface area contributed by atoms with Gasteiger partial charge in [-0.15, -0.1) is 0 Å². The van der Waals surface area contributed by atoms with Gasteiger partial charge in [0.2, 0.25) is 0 Å². The second kappa shape index (κ2) is 8.87. The third kappa shape index (κ3) is 7.90. The van der Waals surface area contributed by atoms with Gasteiger partial charge in [0.05, 0.1) is 6.10 Å². The standard InChI is InChI=1S/C15H28N2O4/c1-10(2)7-11(8-14(19)20)9-16-15(21)17-12-3-5-13(18)6-4-12/h10-13,18H,3-9H2,1-2H3,(H,19,20)(H2,16,17,21)/t11-,12?,13?/m0/s1. The van der Waals surface area contributed by atoms with Crippen molar-refractivity contribution in [2.45, 2.75) is 64.5 Å². The minimum atomic E-state index is -0.830. The molecule has 21 heavy (non-hydrogen) atoms. The van der Waals surface area contributed by atoms with Gasteiger partial charge in [0.1, 0.15) is 0 Å². The normalized spacial score (nSPS) is 23.6. The topological polar surface area (TPSA) is 98.7 Å². The fourth-order valence-corrected chi connectivity index (χ4v) is 2.85. The molecule has 0 aliphatic heterocycles. The van der Waals surface area contributed by atoms with E-state index in [4.69, 9.17) is 5.11 Å². The van der Waals surface area contributed by atoms with Gasteiger partial charge < -0.3 is 20.8 Å². The van der Waals surface area contributed by atoms with Crippen molar-refractivity contribution < 1.29 is 19.8 Å². The minimum Gasteiger partial charge on any atom is -0.481 e. The molecule has 0 aromatic carbocycles. The van der Waals surface area contributed by atoms with Crippen LogP contribution in [-0.4, -0.2) is 40.9 Å². The van der Waals surface area contributed by atoms with Gasteiger partial charge in [-0.3, -0.25) is 4.79 Å². The largest absolute Gasteiger partial charge is 0.481 e. The Morgan fingerprint density at radius 1 is 1.19 bits per heavy atom. The van der Waals surface area contributed by atoms with Crippen molar-refractivity contribution >= 4 is 12.0 Å². The van der Waals surface area contributed by atoms with Crippen LogP contribution in [0.4, 0.5) is 4.79 Å². The fourth-order valence-electron chi connectivity index (χ4n) is 2.85. The predicted molar refractivity (Wildman–Crippen MR) is 80.0 cm³/mol. The van der Waals surface area contributed by atoms with E-state index in [2.05, 4.69) is 10.6 Å². The van der Waals surface area contributed by atoms with Crippen LogP contribution in [0.25, 0.3) is 0 Å². The molecule has 1 saturated carbocycles. The average Bonchev–Trinajstić information content (AvgIpc) is 2.37. The van der Waals surface area contributed by atoms with Crippen LogP contribution in [0, 0.1) is 11.8 Å². The highest BCUT2D eigenvalue weighted by atomic mass is 16.4. The van der Waals surface area contributed by atoms with Crippen molar-refractivity contribution in [2.75, 3.05) is 6.54 Å². The molecule has 0 unspecified atom stereocenters. The quantitative estimate of drug-likeness (QED) is 0.575. The Kier molecular flexibility index (Phi) is 7.50. The van der Waals surface area contributed by atoms with Crippen molar-refractivity contribution in [3.05, 3.63) is 0 Å². The van der Waals surface area contributed by atoms with Crippen molar-refractivity contribution in [3.8, 4) is 0 Å². The number of carboxylic acid groups (broad SMARTS) is 1. The number of rotatable bonds is 7. The number of amides is 2. The molecule has 1 atom stereocenters. The zero-order valence-corrected chi connectivity index (χ0v) is 13.0. The first-order valence-corrected chi connectivity index (χ1v) is 7.81. The van der Waals surface area contributed by atoms with E-state index in [1.807, 2.05) is 13.8 Å². The highest BCUT2D eigenvalue weighted by Crippen LogP contribution is 2.18. The molecule has 6 heteroatoms. The molecular formula is C15H28N2O4. The first-order chi connectivity index (χ1) is 9.86. The molecule has 0 radical (unpaired) electrons. The van der Waals surface area contributed by atoms with E-state index in [1.165, 1.54) is 0 Å². The summed E-state index contributed by atoms with van der Waals surface area (Å²) in [7, 11) is 0.